The highest BCUT2D eigenvalue weighted by molar-refractivity contribution is 5.46. The number of hydrogen-bond acceptors (Lipinski definition) is 3. The van der Waals surface area contributed by atoms with Gasteiger partial charge in [-0.15, -0.1) is 0 Å². The molecule has 1 rings (SSSR count). The average Bonchev–Trinajstić information content (AvgIpc) is 3.15. The Kier molecular flexibility index (Phi) is 10.6. The Morgan fingerprint density at radius 3 is 2.64 bits per heavy atom. The number of allylic oxidation sites excluding steroid dienone is 9. The summed E-state index contributed by atoms with van der Waals surface area (Å²) in [5, 5.41) is 3.40. The van der Waals surface area contributed by atoms with Gasteiger partial charge in [0.15, 0.2) is 0 Å². The van der Waals surface area contributed by atoms with Gasteiger partial charge in [0.05, 0.1) is 17.9 Å². The van der Waals surface area contributed by atoms with Crippen molar-refractivity contribution < 1.29 is 0 Å². The first kappa shape index (κ1) is 22.8. The summed E-state index contributed by atoms with van der Waals surface area (Å²) in [6.45, 7) is 16.0. The number of nitrogens with zero attached hydrogens (tertiary/aromatic N) is 1. The first-order valence-corrected chi connectivity index (χ1v) is 9.40. The highest BCUT2D eigenvalue weighted by atomic mass is 15.0. The van der Waals surface area contributed by atoms with Crippen molar-refractivity contribution in [1.29, 1.82) is 0 Å². The van der Waals surface area contributed by atoms with E-state index in [1.54, 1.807) is 12.3 Å². The average molecular weight is 377 g/mol. The molecule has 1 atom stereocenters. The standard InChI is InChI=1S/C24H32N4/c1-6-9-11-12-13-15-22-18-26-24(28-22)23(27-20(5)14-10-7-2)16-19(4)21(8-3)17-25/h6-7,9-15,17-18,23,27H,2,4-5,8,16,25H2,1,3H3,(H,26,28)/b9-6-,12-11-,14-10+,15-13+,21-17-. The molecule has 0 aliphatic carbocycles. The number of imidazole rings is 1. The van der Waals surface area contributed by atoms with Crippen LogP contribution in [0.15, 0.2) is 97.6 Å². The second kappa shape index (κ2) is 13.0. The van der Waals surface area contributed by atoms with Crippen LogP contribution in [0.3, 0.4) is 0 Å². The van der Waals surface area contributed by atoms with E-state index in [0.717, 1.165) is 34.8 Å². The molecule has 1 aromatic heterocycles. The van der Waals surface area contributed by atoms with Crippen molar-refractivity contribution in [3.8, 4) is 0 Å². The second-order valence-corrected chi connectivity index (χ2v) is 6.16. The van der Waals surface area contributed by atoms with Crippen LogP contribution in [0.4, 0.5) is 0 Å². The summed E-state index contributed by atoms with van der Waals surface area (Å²) >= 11 is 0. The van der Waals surface area contributed by atoms with E-state index in [1.807, 2.05) is 61.7 Å². The van der Waals surface area contributed by atoms with Gasteiger partial charge in [0.1, 0.15) is 5.82 Å². The molecule has 0 aliphatic rings. The quantitative estimate of drug-likeness (QED) is 0.414. The highest BCUT2D eigenvalue weighted by Crippen LogP contribution is 2.25. The zero-order chi connectivity index (χ0) is 20.8. The fourth-order valence-electron chi connectivity index (χ4n) is 2.55. The lowest BCUT2D eigenvalue weighted by Gasteiger charge is -2.20. The molecule has 0 aliphatic heterocycles. The molecular formula is C24H32N4. The van der Waals surface area contributed by atoms with E-state index < -0.39 is 0 Å². The molecule has 0 saturated heterocycles. The molecule has 4 heteroatoms. The number of aromatic nitrogens is 2. The molecular weight excluding hydrogens is 344 g/mol. The largest absolute Gasteiger partial charge is 0.404 e. The summed E-state index contributed by atoms with van der Waals surface area (Å²) in [6, 6.07) is -0.100. The van der Waals surface area contributed by atoms with Crippen LogP contribution in [0, 0.1) is 0 Å². The summed E-state index contributed by atoms with van der Waals surface area (Å²) < 4.78 is 0. The Morgan fingerprint density at radius 2 is 2.00 bits per heavy atom. The summed E-state index contributed by atoms with van der Waals surface area (Å²) in [5.74, 6) is 0.818. The van der Waals surface area contributed by atoms with Gasteiger partial charge in [-0.05, 0) is 49.3 Å². The number of hydrogen-bond donors (Lipinski definition) is 3. The van der Waals surface area contributed by atoms with Gasteiger partial charge in [-0.1, -0.05) is 69.2 Å². The molecule has 1 unspecified atom stereocenters. The van der Waals surface area contributed by atoms with Crippen molar-refractivity contribution in [2.75, 3.05) is 0 Å². The molecule has 0 radical (unpaired) electrons. The number of H-pyrrole nitrogens is 1. The minimum Gasteiger partial charge on any atom is -0.404 e. The van der Waals surface area contributed by atoms with Crippen LogP contribution in [-0.2, 0) is 0 Å². The van der Waals surface area contributed by atoms with Crippen LogP contribution in [0.2, 0.25) is 0 Å². The molecule has 4 N–H and O–H groups in total. The van der Waals surface area contributed by atoms with E-state index in [1.165, 1.54) is 0 Å². The highest BCUT2D eigenvalue weighted by Gasteiger charge is 2.17. The van der Waals surface area contributed by atoms with Crippen LogP contribution in [-0.4, -0.2) is 9.97 Å². The summed E-state index contributed by atoms with van der Waals surface area (Å²) in [4.78, 5) is 7.90. The first-order valence-electron chi connectivity index (χ1n) is 9.40. The van der Waals surface area contributed by atoms with Crippen LogP contribution in [0.5, 0.6) is 0 Å². The van der Waals surface area contributed by atoms with E-state index >= 15 is 0 Å². The van der Waals surface area contributed by atoms with E-state index in [9.17, 15) is 0 Å². The van der Waals surface area contributed by atoms with Crippen molar-refractivity contribution >= 4 is 6.08 Å². The van der Waals surface area contributed by atoms with Crippen molar-refractivity contribution in [3.63, 3.8) is 0 Å². The number of nitrogens with one attached hydrogen (secondary N) is 2. The molecule has 0 amide bonds. The SMILES string of the molecule is C=C/C=C/C(=C)NC(CC(=C)/C(=C\N)CC)c1ncc(/C=C/C=C\C=C/C)[nH]1. The molecule has 1 heterocycles. The lowest BCUT2D eigenvalue weighted by atomic mass is 9.98. The van der Waals surface area contributed by atoms with Crippen molar-refractivity contribution in [2.45, 2.75) is 32.7 Å². The lowest BCUT2D eigenvalue weighted by molar-refractivity contribution is 0.573. The predicted octanol–water partition coefficient (Wildman–Crippen LogP) is 5.64. The maximum absolute atomic E-state index is 5.73. The van der Waals surface area contributed by atoms with Crippen LogP contribution < -0.4 is 11.1 Å². The van der Waals surface area contributed by atoms with Gasteiger partial charge < -0.3 is 16.0 Å². The number of aromatic amines is 1. The van der Waals surface area contributed by atoms with E-state index in [4.69, 9.17) is 5.73 Å². The molecule has 28 heavy (non-hydrogen) atoms. The third kappa shape index (κ3) is 7.96. The van der Waals surface area contributed by atoms with Crippen molar-refractivity contribution in [1.82, 2.24) is 15.3 Å². The zero-order valence-corrected chi connectivity index (χ0v) is 17.0. The number of nitrogens with two attached hydrogens (primary N) is 1. The van der Waals surface area contributed by atoms with Gasteiger partial charge in [-0.25, -0.2) is 4.98 Å². The third-order valence-electron chi connectivity index (χ3n) is 4.03. The molecule has 0 saturated carbocycles. The fourth-order valence-corrected chi connectivity index (χ4v) is 2.55. The van der Waals surface area contributed by atoms with Crippen molar-refractivity contribution in [3.05, 3.63) is 109 Å². The molecule has 0 spiro atoms. The van der Waals surface area contributed by atoms with E-state index in [-0.39, 0.29) is 6.04 Å². The minimum atomic E-state index is -0.100. The van der Waals surface area contributed by atoms with Crippen LogP contribution in [0.25, 0.3) is 6.08 Å². The summed E-state index contributed by atoms with van der Waals surface area (Å²) in [5.41, 5.74) is 9.45. The summed E-state index contributed by atoms with van der Waals surface area (Å²) in [6.07, 6.45) is 22.2. The van der Waals surface area contributed by atoms with Crippen LogP contribution in [0.1, 0.15) is 44.2 Å². The topological polar surface area (TPSA) is 66.7 Å². The van der Waals surface area contributed by atoms with Gasteiger partial charge >= 0.3 is 0 Å². The van der Waals surface area contributed by atoms with Gasteiger partial charge in [-0.3, -0.25) is 0 Å². The molecule has 0 aromatic carbocycles. The van der Waals surface area contributed by atoms with Gasteiger partial charge in [0, 0.05) is 5.70 Å². The van der Waals surface area contributed by atoms with Crippen molar-refractivity contribution in [2.24, 2.45) is 5.73 Å². The van der Waals surface area contributed by atoms with E-state index in [0.29, 0.717) is 6.42 Å². The zero-order valence-electron chi connectivity index (χ0n) is 17.0. The Morgan fingerprint density at radius 1 is 1.25 bits per heavy atom. The molecule has 148 valence electrons. The Hall–Kier alpha value is -3.27. The number of rotatable bonds is 12. The third-order valence-corrected chi connectivity index (χ3v) is 4.03. The molecule has 0 fully saturated rings. The first-order chi connectivity index (χ1) is 13.5. The normalized spacial score (nSPS) is 13.7. The summed E-state index contributed by atoms with van der Waals surface area (Å²) in [7, 11) is 0. The van der Waals surface area contributed by atoms with Crippen LogP contribution >= 0.6 is 0 Å². The Labute approximate surface area is 169 Å². The second-order valence-electron chi connectivity index (χ2n) is 6.16. The fraction of sp³-hybridized carbons (Fsp3) is 0.208. The maximum atomic E-state index is 5.73. The Balaban J connectivity index is 3.00. The lowest BCUT2D eigenvalue weighted by Crippen LogP contribution is -2.21. The van der Waals surface area contributed by atoms with Gasteiger partial charge in [0.2, 0.25) is 0 Å². The minimum absolute atomic E-state index is 0.100. The van der Waals surface area contributed by atoms with E-state index in [2.05, 4.69) is 41.9 Å². The maximum Gasteiger partial charge on any atom is 0.129 e. The monoisotopic (exact) mass is 376 g/mol. The molecule has 1 aromatic rings. The smallest absolute Gasteiger partial charge is 0.129 e. The Bertz CT molecular complexity index is 800. The predicted molar refractivity (Wildman–Crippen MR) is 122 cm³/mol. The van der Waals surface area contributed by atoms with Gasteiger partial charge in [-0.2, -0.15) is 0 Å². The molecule has 4 nitrogen and oxygen atoms in total. The molecule has 0 bridgehead atoms. The van der Waals surface area contributed by atoms with Gasteiger partial charge in [0.25, 0.3) is 0 Å².